The molecule has 114 valence electrons. The molecule has 0 radical (unpaired) electrons. The summed E-state index contributed by atoms with van der Waals surface area (Å²) in [6.45, 7) is 2.43. The second-order valence-corrected chi connectivity index (χ2v) is 4.69. The molecule has 1 aliphatic rings. The number of hydrogen-bond acceptors (Lipinski definition) is 5. The van der Waals surface area contributed by atoms with Crippen molar-refractivity contribution in [2.24, 2.45) is 0 Å². The topological polar surface area (TPSA) is 125 Å². The number of carbonyl (C=O) groups is 3. The maximum atomic E-state index is 12.1. The molecule has 21 heavy (non-hydrogen) atoms. The number of hydrogen-bond donors (Lipinski definition) is 3. The molecule has 3 amide bonds. The molecule has 9 heteroatoms. The van der Waals surface area contributed by atoms with Gasteiger partial charge >= 0.3 is 12.0 Å². The van der Waals surface area contributed by atoms with E-state index in [-0.39, 0.29) is 13.1 Å². The van der Waals surface area contributed by atoms with E-state index in [1.165, 1.54) is 4.90 Å². The summed E-state index contributed by atoms with van der Waals surface area (Å²) in [5.41, 5.74) is 0.553. The van der Waals surface area contributed by atoms with Gasteiger partial charge in [0.05, 0.1) is 13.0 Å². The number of rotatable bonds is 4. The third kappa shape index (κ3) is 3.71. The number of piperazine rings is 1. The van der Waals surface area contributed by atoms with Crippen LogP contribution in [0, 0.1) is 6.92 Å². The average molecular weight is 296 g/mol. The van der Waals surface area contributed by atoms with E-state index in [1.807, 2.05) is 0 Å². The minimum Gasteiger partial charge on any atom is -0.481 e. The average Bonchev–Trinajstić information content (AvgIpc) is 2.84. The van der Waals surface area contributed by atoms with Gasteiger partial charge in [0.25, 0.3) is 0 Å². The minimum atomic E-state index is -1.14. The molecule has 1 saturated heterocycles. The van der Waals surface area contributed by atoms with Crippen molar-refractivity contribution >= 4 is 17.9 Å². The number of nitrogens with one attached hydrogen (secondary N) is 2. The van der Waals surface area contributed by atoms with Crippen LogP contribution in [0.2, 0.25) is 0 Å². The summed E-state index contributed by atoms with van der Waals surface area (Å²) >= 11 is 0. The van der Waals surface area contributed by atoms with E-state index in [4.69, 9.17) is 9.63 Å². The summed E-state index contributed by atoms with van der Waals surface area (Å²) < 4.78 is 4.88. The summed E-state index contributed by atoms with van der Waals surface area (Å²) in [5, 5.41) is 17.7. The first kappa shape index (κ1) is 14.8. The number of amides is 3. The standard InChI is InChI=1S/C12H16N4O5/c1-7-4-8(15-21-7)6-14-12(20)16-3-2-13-11(19)9(16)5-10(17)18/h4,9H,2-3,5-6H2,1H3,(H,13,19)(H,14,20)(H,17,18). The molecule has 1 aliphatic heterocycles. The highest BCUT2D eigenvalue weighted by molar-refractivity contribution is 5.91. The molecule has 1 unspecified atom stereocenters. The van der Waals surface area contributed by atoms with Crippen LogP contribution in [0.4, 0.5) is 4.79 Å². The van der Waals surface area contributed by atoms with E-state index in [2.05, 4.69) is 15.8 Å². The summed E-state index contributed by atoms with van der Waals surface area (Å²) in [6, 6.07) is 0.171. The number of carboxylic acids is 1. The minimum absolute atomic E-state index is 0.147. The van der Waals surface area contributed by atoms with Crippen LogP contribution < -0.4 is 10.6 Å². The van der Waals surface area contributed by atoms with Gasteiger partial charge < -0.3 is 25.2 Å². The van der Waals surface area contributed by atoms with Crippen LogP contribution in [0.1, 0.15) is 17.9 Å². The van der Waals surface area contributed by atoms with Crippen LogP contribution in [-0.4, -0.2) is 52.2 Å². The third-order valence-electron chi connectivity index (χ3n) is 3.06. The summed E-state index contributed by atoms with van der Waals surface area (Å²) in [6.07, 6.45) is -0.428. The highest BCUT2D eigenvalue weighted by Gasteiger charge is 2.34. The molecule has 3 N–H and O–H groups in total. The molecule has 0 aliphatic carbocycles. The molecular formula is C12H16N4O5. The van der Waals surface area contributed by atoms with Gasteiger partial charge in [-0.05, 0) is 6.92 Å². The predicted molar refractivity (Wildman–Crippen MR) is 69.2 cm³/mol. The number of urea groups is 1. The largest absolute Gasteiger partial charge is 0.481 e. The van der Waals surface area contributed by atoms with Gasteiger partial charge in [0.15, 0.2) is 0 Å². The Balaban J connectivity index is 1.98. The summed E-state index contributed by atoms with van der Waals surface area (Å²) in [7, 11) is 0. The van der Waals surface area contributed by atoms with Crippen molar-refractivity contribution in [2.45, 2.75) is 25.9 Å². The smallest absolute Gasteiger partial charge is 0.318 e. The molecule has 1 fully saturated rings. The molecule has 2 rings (SSSR count). The van der Waals surface area contributed by atoms with E-state index in [9.17, 15) is 14.4 Å². The Kier molecular flexibility index (Phi) is 4.41. The Labute approximate surface area is 120 Å². The number of aromatic nitrogens is 1. The monoisotopic (exact) mass is 296 g/mol. The van der Waals surface area contributed by atoms with Crippen molar-refractivity contribution in [3.8, 4) is 0 Å². The van der Waals surface area contributed by atoms with Gasteiger partial charge in [-0.1, -0.05) is 5.16 Å². The van der Waals surface area contributed by atoms with Gasteiger partial charge in [0.2, 0.25) is 5.91 Å². The molecule has 0 spiro atoms. The normalized spacial score (nSPS) is 18.2. The molecule has 0 saturated carbocycles. The van der Waals surface area contributed by atoms with Gasteiger partial charge in [0, 0.05) is 19.2 Å². The highest BCUT2D eigenvalue weighted by Crippen LogP contribution is 2.10. The zero-order valence-electron chi connectivity index (χ0n) is 11.5. The predicted octanol–water partition coefficient (Wildman–Crippen LogP) is -0.532. The molecule has 1 aromatic rings. The van der Waals surface area contributed by atoms with Crippen LogP contribution in [0.15, 0.2) is 10.6 Å². The fraction of sp³-hybridized carbons (Fsp3) is 0.500. The second-order valence-electron chi connectivity index (χ2n) is 4.69. The zero-order chi connectivity index (χ0) is 15.4. The van der Waals surface area contributed by atoms with Crippen molar-refractivity contribution in [3.63, 3.8) is 0 Å². The second kappa shape index (κ2) is 6.25. The van der Waals surface area contributed by atoms with Gasteiger partial charge in [-0.2, -0.15) is 0 Å². The van der Waals surface area contributed by atoms with Gasteiger partial charge in [-0.15, -0.1) is 0 Å². The third-order valence-corrected chi connectivity index (χ3v) is 3.06. The van der Waals surface area contributed by atoms with Crippen LogP contribution in [0.25, 0.3) is 0 Å². The van der Waals surface area contributed by atoms with Gasteiger partial charge in [-0.3, -0.25) is 9.59 Å². The maximum absolute atomic E-state index is 12.1. The van der Waals surface area contributed by atoms with E-state index in [1.54, 1.807) is 13.0 Å². The van der Waals surface area contributed by atoms with E-state index in [0.717, 1.165) is 0 Å². The Bertz CT molecular complexity index is 556. The van der Waals surface area contributed by atoms with Crippen molar-refractivity contribution in [3.05, 3.63) is 17.5 Å². The van der Waals surface area contributed by atoms with Crippen molar-refractivity contribution in [1.82, 2.24) is 20.7 Å². The van der Waals surface area contributed by atoms with Crippen LogP contribution >= 0.6 is 0 Å². The first-order valence-corrected chi connectivity index (χ1v) is 6.43. The lowest BCUT2D eigenvalue weighted by atomic mass is 10.1. The summed E-state index contributed by atoms with van der Waals surface area (Å²) in [5.74, 6) is -0.974. The summed E-state index contributed by atoms with van der Waals surface area (Å²) in [4.78, 5) is 35.8. The van der Waals surface area contributed by atoms with E-state index < -0.39 is 30.4 Å². The maximum Gasteiger partial charge on any atom is 0.318 e. The Morgan fingerprint density at radius 2 is 2.38 bits per heavy atom. The molecule has 2 heterocycles. The quantitative estimate of drug-likeness (QED) is 0.686. The number of aryl methyl sites for hydroxylation is 1. The van der Waals surface area contributed by atoms with Crippen LogP contribution in [0.3, 0.4) is 0 Å². The lowest BCUT2D eigenvalue weighted by Gasteiger charge is -2.34. The van der Waals surface area contributed by atoms with Gasteiger partial charge in [-0.25, -0.2) is 4.79 Å². The van der Waals surface area contributed by atoms with Crippen molar-refractivity contribution in [2.75, 3.05) is 13.1 Å². The van der Waals surface area contributed by atoms with Crippen molar-refractivity contribution < 1.29 is 24.0 Å². The molecule has 9 nitrogen and oxygen atoms in total. The Morgan fingerprint density at radius 1 is 1.62 bits per heavy atom. The zero-order valence-corrected chi connectivity index (χ0v) is 11.5. The first-order valence-electron chi connectivity index (χ1n) is 6.43. The van der Waals surface area contributed by atoms with Crippen LogP contribution in [-0.2, 0) is 16.1 Å². The highest BCUT2D eigenvalue weighted by atomic mass is 16.5. The SMILES string of the molecule is Cc1cc(CNC(=O)N2CCNC(=O)C2CC(=O)O)no1. The van der Waals surface area contributed by atoms with Gasteiger partial charge in [0.1, 0.15) is 17.5 Å². The lowest BCUT2D eigenvalue weighted by Crippen LogP contribution is -2.59. The Morgan fingerprint density at radius 3 is 3.00 bits per heavy atom. The molecule has 1 aromatic heterocycles. The molecule has 0 aromatic carbocycles. The number of nitrogens with zero attached hydrogens (tertiary/aromatic N) is 2. The fourth-order valence-electron chi connectivity index (χ4n) is 2.10. The molecular weight excluding hydrogens is 280 g/mol. The van der Waals surface area contributed by atoms with Crippen LogP contribution in [0.5, 0.6) is 0 Å². The molecule has 1 atom stereocenters. The van der Waals surface area contributed by atoms with E-state index >= 15 is 0 Å². The lowest BCUT2D eigenvalue weighted by molar-refractivity contribution is -0.142. The van der Waals surface area contributed by atoms with Crippen molar-refractivity contribution in [1.29, 1.82) is 0 Å². The Hall–Kier alpha value is -2.58. The molecule has 0 bridgehead atoms. The number of aliphatic carboxylic acids is 1. The number of carbonyl (C=O) groups excluding carboxylic acids is 2. The first-order chi connectivity index (χ1) is 9.97. The van der Waals surface area contributed by atoms with E-state index in [0.29, 0.717) is 18.0 Å². The number of carboxylic acid groups (broad SMARTS) is 1. The fourth-order valence-corrected chi connectivity index (χ4v) is 2.10.